The van der Waals surface area contributed by atoms with E-state index in [1.165, 1.54) is 0 Å². The Kier molecular flexibility index (Phi) is 3.61. The first-order valence-electron chi connectivity index (χ1n) is 2.86. The van der Waals surface area contributed by atoms with E-state index < -0.39 is 24.6 Å². The normalized spacial score (nSPS) is 18.9. The zero-order valence-electron chi connectivity index (χ0n) is 6.10. The van der Waals surface area contributed by atoms with Crippen molar-refractivity contribution in [3.8, 4) is 0 Å². The zero-order chi connectivity index (χ0) is 11.1. The summed E-state index contributed by atoms with van der Waals surface area (Å²) in [5, 5.41) is -4.79. The van der Waals surface area contributed by atoms with Crippen LogP contribution in [0.1, 0.15) is 0 Å². The van der Waals surface area contributed by atoms with Crippen molar-refractivity contribution >= 4 is 28.9 Å². The van der Waals surface area contributed by atoms with Crippen LogP contribution in [0.25, 0.3) is 0 Å². The highest BCUT2D eigenvalue weighted by Gasteiger charge is 2.73. The van der Waals surface area contributed by atoms with Crippen LogP contribution in [0.3, 0.4) is 0 Å². The van der Waals surface area contributed by atoms with Crippen molar-refractivity contribution in [1.29, 1.82) is 0 Å². The quantitative estimate of drug-likeness (QED) is 0.406. The molecule has 80 valence electrons. The molecule has 1 unspecified atom stereocenters. The second-order valence-corrected chi connectivity index (χ2v) is 10.0. The summed E-state index contributed by atoms with van der Waals surface area (Å²) in [5.74, 6) is 0. The average Bonchev–Trinajstić information content (AvgIpc) is 1.80. The molecule has 0 amide bonds. The van der Waals surface area contributed by atoms with Gasteiger partial charge in [-0.2, -0.15) is 13.2 Å². The first-order chi connectivity index (χ1) is 5.44. The van der Waals surface area contributed by atoms with Crippen LogP contribution in [-0.4, -0.2) is 24.6 Å². The van der Waals surface area contributed by atoms with Crippen LogP contribution in [-0.2, 0) is 0 Å². The minimum absolute atomic E-state index is 0.454. The monoisotopic (exact) mass is 264 g/mol. The molecule has 0 fully saturated rings. The lowest BCUT2D eigenvalue weighted by atomic mass is 10.4. The van der Waals surface area contributed by atoms with Crippen LogP contribution < -0.4 is 0 Å². The highest BCUT2D eigenvalue weighted by Crippen LogP contribution is 2.48. The van der Waals surface area contributed by atoms with Gasteiger partial charge in [-0.3, -0.25) is 0 Å². The molecule has 0 spiro atoms. The summed E-state index contributed by atoms with van der Waals surface area (Å²) in [4.78, 5) is 0. The van der Waals surface area contributed by atoms with E-state index in [-0.39, 0.29) is 0 Å². The first-order valence-corrected chi connectivity index (χ1v) is 7.38. The Morgan fingerprint density at radius 1 is 1.08 bits per heavy atom. The first kappa shape index (κ1) is 13.4. The van der Waals surface area contributed by atoms with E-state index in [1.54, 1.807) is 0 Å². The van der Waals surface area contributed by atoms with Gasteiger partial charge in [-0.15, -0.1) is 22.2 Å². The molecule has 0 aromatic rings. The highest BCUT2D eigenvalue weighted by molar-refractivity contribution is 7.46. The number of alkyl halides is 6. The van der Waals surface area contributed by atoms with Crippen LogP contribution in [0.2, 0.25) is 6.55 Å². The van der Waals surface area contributed by atoms with E-state index in [2.05, 4.69) is 0 Å². The second kappa shape index (κ2) is 3.51. The molecule has 1 atom stereocenters. The molecule has 0 nitrogen and oxygen atoms in total. The van der Waals surface area contributed by atoms with Gasteiger partial charge in [0.15, 0.2) is 0 Å². The van der Waals surface area contributed by atoms with E-state index in [0.29, 0.717) is 6.55 Å². The van der Waals surface area contributed by atoms with E-state index in [0.717, 1.165) is 0 Å². The van der Waals surface area contributed by atoms with Gasteiger partial charge in [-0.25, -0.2) is 13.2 Å². The average molecular weight is 265 g/mol. The summed E-state index contributed by atoms with van der Waals surface area (Å²) in [5.41, 5.74) is 0. The van der Waals surface area contributed by atoms with Crippen LogP contribution in [0.15, 0.2) is 0 Å². The Hall–Kier alpha value is 0.377. The Labute approximate surface area is 80.2 Å². The van der Waals surface area contributed by atoms with Crippen LogP contribution in [0.5, 0.6) is 0 Å². The molecule has 0 aromatic heterocycles. The molecule has 0 N–H and O–H groups in total. The number of rotatable bonds is 2. The van der Waals surface area contributed by atoms with Crippen LogP contribution >= 0.6 is 22.2 Å². The molecule has 0 saturated carbocycles. The lowest BCUT2D eigenvalue weighted by molar-refractivity contribution is -0.235. The maximum atomic E-state index is 12.9. The zero-order valence-corrected chi connectivity index (χ0v) is 8.61. The Morgan fingerprint density at radius 2 is 1.38 bits per heavy atom. The van der Waals surface area contributed by atoms with Crippen LogP contribution in [0, 0.1) is 0 Å². The molecule has 0 radical (unpaired) electrons. The maximum absolute atomic E-state index is 12.9. The number of hydrogen-bond acceptors (Lipinski definition) is 0. The summed E-state index contributed by atoms with van der Waals surface area (Å²) >= 11 is 9.70. The van der Waals surface area contributed by atoms with Gasteiger partial charge >= 0.3 is 12.9 Å². The Bertz CT molecular complexity index is 170. The highest BCUT2D eigenvalue weighted by atomic mass is 35.7. The lowest BCUT2D eigenvalue weighted by Crippen LogP contribution is -2.61. The molecule has 0 rings (SSSR count). The summed E-state index contributed by atoms with van der Waals surface area (Å²) in [6, 6.07) is 0. The minimum Gasteiger partial charge on any atom is -0.228 e. The standard InChI is InChI=1S/C4H4Cl2F6Si/c1-13(5,6)3(9,2(7)8)4(10,11)12/h2H,1H3. The predicted octanol–water partition coefficient (Wildman–Crippen LogP) is 3.61. The molecule has 0 bridgehead atoms. The molecular formula is C4H4Cl2F6Si. The minimum atomic E-state index is -5.76. The van der Waals surface area contributed by atoms with Gasteiger partial charge in [0.05, 0.1) is 0 Å². The Morgan fingerprint density at radius 3 is 1.38 bits per heavy atom. The van der Waals surface area contributed by atoms with Gasteiger partial charge in [0.2, 0.25) is 0 Å². The molecule has 13 heavy (non-hydrogen) atoms. The van der Waals surface area contributed by atoms with E-state index in [4.69, 9.17) is 22.2 Å². The van der Waals surface area contributed by atoms with E-state index >= 15 is 0 Å². The van der Waals surface area contributed by atoms with Crippen molar-refractivity contribution in [2.24, 2.45) is 0 Å². The summed E-state index contributed by atoms with van der Waals surface area (Å²) < 4.78 is 72.1. The van der Waals surface area contributed by atoms with E-state index in [9.17, 15) is 26.3 Å². The third kappa shape index (κ3) is 2.24. The number of hydrogen-bond donors (Lipinski definition) is 0. The molecule has 0 aliphatic heterocycles. The molecule has 9 heteroatoms. The fraction of sp³-hybridized carbons (Fsp3) is 1.00. The van der Waals surface area contributed by atoms with Gasteiger partial charge in [0, 0.05) is 0 Å². The van der Waals surface area contributed by atoms with Crippen molar-refractivity contribution in [1.82, 2.24) is 0 Å². The fourth-order valence-electron chi connectivity index (χ4n) is 0.564. The SMILES string of the molecule is C[Si](Cl)(Cl)C(F)(C(F)F)C(F)(F)F. The van der Waals surface area contributed by atoms with Crippen molar-refractivity contribution < 1.29 is 26.3 Å². The maximum Gasteiger partial charge on any atom is 0.427 e. The van der Waals surface area contributed by atoms with Gasteiger partial charge in [0.25, 0.3) is 11.7 Å². The molecule has 0 saturated heterocycles. The van der Waals surface area contributed by atoms with Crippen molar-refractivity contribution in [2.75, 3.05) is 0 Å². The molecule has 0 aliphatic rings. The summed E-state index contributed by atoms with van der Waals surface area (Å²) in [6.45, 7) is -4.25. The van der Waals surface area contributed by atoms with Crippen LogP contribution in [0.4, 0.5) is 26.3 Å². The molecule has 0 aromatic carbocycles. The van der Waals surface area contributed by atoms with Crippen molar-refractivity contribution in [3.05, 3.63) is 0 Å². The topological polar surface area (TPSA) is 0 Å². The molecule has 0 heterocycles. The number of halogens is 8. The smallest absolute Gasteiger partial charge is 0.228 e. The predicted molar refractivity (Wildman–Crippen MR) is 39.2 cm³/mol. The van der Waals surface area contributed by atoms with E-state index in [1.807, 2.05) is 0 Å². The molecule has 0 aliphatic carbocycles. The molecular weight excluding hydrogens is 261 g/mol. The van der Waals surface area contributed by atoms with Crippen molar-refractivity contribution in [2.45, 2.75) is 24.4 Å². The lowest BCUT2D eigenvalue weighted by Gasteiger charge is -2.32. The van der Waals surface area contributed by atoms with Gasteiger partial charge in [-0.1, -0.05) is 0 Å². The largest absolute Gasteiger partial charge is 0.427 e. The third-order valence-electron chi connectivity index (χ3n) is 1.35. The fourth-order valence-corrected chi connectivity index (χ4v) is 2.58. The second-order valence-electron chi connectivity index (χ2n) is 2.40. The Balaban J connectivity index is 5.22. The van der Waals surface area contributed by atoms with Gasteiger partial charge < -0.3 is 0 Å². The van der Waals surface area contributed by atoms with Crippen molar-refractivity contribution in [3.63, 3.8) is 0 Å². The van der Waals surface area contributed by atoms with Gasteiger partial charge in [-0.05, 0) is 6.55 Å². The van der Waals surface area contributed by atoms with Gasteiger partial charge in [0.1, 0.15) is 0 Å². The summed E-state index contributed by atoms with van der Waals surface area (Å²) in [6.07, 6.45) is -10.0. The third-order valence-corrected chi connectivity index (χ3v) is 4.78. The summed E-state index contributed by atoms with van der Waals surface area (Å²) in [7, 11) is 0.